The molecule has 1 heteroatoms. The lowest BCUT2D eigenvalue weighted by Gasteiger charge is -2.22. The highest BCUT2D eigenvalue weighted by Crippen LogP contribution is 2.26. The maximum absolute atomic E-state index is 11.1. The average Bonchev–Trinajstić information content (AvgIpc) is 2.28. The smallest absolute Gasteiger partial charge is 0.126 e. The van der Waals surface area contributed by atoms with Crippen LogP contribution in [0.2, 0.25) is 0 Å². The molecule has 0 heterocycles. The molecule has 1 nitrogen and oxygen atoms in total. The van der Waals surface area contributed by atoms with Crippen LogP contribution in [0.1, 0.15) is 38.7 Å². The number of carbonyl (C=O) groups excluding carboxylic acids is 1. The van der Waals surface area contributed by atoms with Gasteiger partial charge in [-0.25, -0.2) is 0 Å². The molecule has 82 valence electrons. The van der Waals surface area contributed by atoms with Gasteiger partial charge in [0.15, 0.2) is 0 Å². The molecule has 0 fully saturated rings. The van der Waals surface area contributed by atoms with Gasteiger partial charge in [-0.1, -0.05) is 57.0 Å². The highest BCUT2D eigenvalue weighted by atomic mass is 16.1. The van der Waals surface area contributed by atoms with Gasteiger partial charge >= 0.3 is 0 Å². The fourth-order valence-electron chi connectivity index (χ4n) is 1.83. The normalized spacial score (nSPS) is 14.5. The Morgan fingerprint density at radius 2 is 1.93 bits per heavy atom. The highest BCUT2D eigenvalue weighted by molar-refractivity contribution is 5.59. The van der Waals surface area contributed by atoms with E-state index in [1.807, 2.05) is 18.2 Å². The molecule has 0 bridgehead atoms. The summed E-state index contributed by atoms with van der Waals surface area (Å²) in [5, 5.41) is 0. The van der Waals surface area contributed by atoms with E-state index in [0.29, 0.717) is 0 Å². The lowest BCUT2D eigenvalue weighted by Crippen LogP contribution is -2.21. The first-order valence-corrected chi connectivity index (χ1v) is 5.70. The Labute approximate surface area is 92.5 Å². The molecular formula is C14H20O. The first-order valence-electron chi connectivity index (χ1n) is 5.70. The van der Waals surface area contributed by atoms with Gasteiger partial charge in [0.1, 0.15) is 6.29 Å². The summed E-state index contributed by atoms with van der Waals surface area (Å²) >= 11 is 0. The van der Waals surface area contributed by atoms with Crippen LogP contribution < -0.4 is 0 Å². The molecule has 1 atom stereocenters. The molecule has 1 aromatic carbocycles. The zero-order chi connectivity index (χ0) is 11.1. The van der Waals surface area contributed by atoms with Gasteiger partial charge in [-0.05, 0) is 18.4 Å². The topological polar surface area (TPSA) is 17.1 Å². The van der Waals surface area contributed by atoms with Gasteiger partial charge < -0.3 is 4.79 Å². The molecule has 1 aromatic rings. The van der Waals surface area contributed by atoms with Crippen LogP contribution in [0.5, 0.6) is 0 Å². The molecular weight excluding hydrogens is 184 g/mol. The van der Waals surface area contributed by atoms with Crippen molar-refractivity contribution in [1.82, 2.24) is 0 Å². The number of carbonyl (C=O) groups is 1. The average molecular weight is 204 g/mol. The van der Waals surface area contributed by atoms with E-state index >= 15 is 0 Å². The van der Waals surface area contributed by atoms with Crippen molar-refractivity contribution >= 4 is 6.29 Å². The van der Waals surface area contributed by atoms with E-state index < -0.39 is 0 Å². The first kappa shape index (κ1) is 12.0. The van der Waals surface area contributed by atoms with Crippen molar-refractivity contribution in [3.8, 4) is 0 Å². The minimum Gasteiger partial charge on any atom is -0.303 e. The first-order chi connectivity index (χ1) is 7.20. The van der Waals surface area contributed by atoms with Gasteiger partial charge in [-0.3, -0.25) is 0 Å². The third kappa shape index (κ3) is 3.86. The molecule has 15 heavy (non-hydrogen) atoms. The van der Waals surface area contributed by atoms with Crippen LogP contribution in [0.3, 0.4) is 0 Å². The molecule has 1 unspecified atom stereocenters. The second-order valence-electron chi connectivity index (χ2n) is 4.54. The number of unbranched alkanes of at least 4 members (excludes halogenated alkanes) is 1. The summed E-state index contributed by atoms with van der Waals surface area (Å²) in [6, 6.07) is 10.2. The van der Waals surface area contributed by atoms with Gasteiger partial charge in [-0.15, -0.1) is 0 Å². The van der Waals surface area contributed by atoms with Crippen LogP contribution in [-0.4, -0.2) is 6.29 Å². The highest BCUT2D eigenvalue weighted by Gasteiger charge is 2.22. The second kappa shape index (κ2) is 5.69. The minimum absolute atomic E-state index is 0.183. The number of aldehydes is 1. The zero-order valence-corrected chi connectivity index (χ0v) is 9.70. The molecule has 0 spiro atoms. The third-order valence-electron chi connectivity index (χ3n) is 2.84. The van der Waals surface area contributed by atoms with Crippen LogP contribution in [-0.2, 0) is 11.2 Å². The number of hydrogen-bond donors (Lipinski definition) is 0. The molecule has 0 amide bonds. The monoisotopic (exact) mass is 204 g/mol. The van der Waals surface area contributed by atoms with E-state index in [9.17, 15) is 4.79 Å². The second-order valence-corrected chi connectivity index (χ2v) is 4.54. The van der Waals surface area contributed by atoms with Crippen molar-refractivity contribution in [3.05, 3.63) is 35.9 Å². The quantitative estimate of drug-likeness (QED) is 0.647. The van der Waals surface area contributed by atoms with Gasteiger partial charge in [0, 0.05) is 5.41 Å². The maximum Gasteiger partial charge on any atom is 0.126 e. The largest absolute Gasteiger partial charge is 0.303 e. The fraction of sp³-hybridized carbons (Fsp3) is 0.500. The molecule has 0 radical (unpaired) electrons. The SMILES string of the molecule is CCCCC(C)(C=O)Cc1ccccc1. The summed E-state index contributed by atoms with van der Waals surface area (Å²) in [4.78, 5) is 11.1. The number of benzene rings is 1. The van der Waals surface area contributed by atoms with E-state index in [4.69, 9.17) is 0 Å². The molecule has 0 N–H and O–H groups in total. The summed E-state index contributed by atoms with van der Waals surface area (Å²) in [5.41, 5.74) is 1.07. The van der Waals surface area contributed by atoms with Gasteiger partial charge in [0.2, 0.25) is 0 Å². The van der Waals surface area contributed by atoms with E-state index in [1.54, 1.807) is 0 Å². The lowest BCUT2D eigenvalue weighted by atomic mass is 9.81. The molecule has 0 saturated carbocycles. The van der Waals surface area contributed by atoms with Crippen LogP contribution >= 0.6 is 0 Å². The van der Waals surface area contributed by atoms with Crippen molar-refractivity contribution in [2.24, 2.45) is 5.41 Å². The Balaban J connectivity index is 2.63. The Kier molecular flexibility index (Phi) is 4.54. The van der Waals surface area contributed by atoms with Crippen molar-refractivity contribution < 1.29 is 4.79 Å². The summed E-state index contributed by atoms with van der Waals surface area (Å²) in [7, 11) is 0. The minimum atomic E-state index is -0.183. The Hall–Kier alpha value is -1.11. The fourth-order valence-corrected chi connectivity index (χ4v) is 1.83. The molecule has 0 aromatic heterocycles. The van der Waals surface area contributed by atoms with Crippen molar-refractivity contribution in [2.75, 3.05) is 0 Å². The van der Waals surface area contributed by atoms with Gasteiger partial charge in [0.05, 0.1) is 0 Å². The van der Waals surface area contributed by atoms with Crippen molar-refractivity contribution in [3.63, 3.8) is 0 Å². The molecule has 0 aliphatic rings. The summed E-state index contributed by atoms with van der Waals surface area (Å²) < 4.78 is 0. The van der Waals surface area contributed by atoms with Crippen LogP contribution in [0.4, 0.5) is 0 Å². The van der Waals surface area contributed by atoms with E-state index in [2.05, 4.69) is 26.0 Å². The molecule has 0 aliphatic heterocycles. The lowest BCUT2D eigenvalue weighted by molar-refractivity contribution is -0.115. The predicted molar refractivity (Wildman–Crippen MR) is 63.8 cm³/mol. The molecule has 1 rings (SSSR count). The van der Waals surface area contributed by atoms with Crippen molar-refractivity contribution in [1.29, 1.82) is 0 Å². The Morgan fingerprint density at radius 3 is 2.47 bits per heavy atom. The predicted octanol–water partition coefficient (Wildman–Crippen LogP) is 3.62. The van der Waals surface area contributed by atoms with Crippen LogP contribution in [0.15, 0.2) is 30.3 Å². The van der Waals surface area contributed by atoms with E-state index in [0.717, 1.165) is 32.0 Å². The standard InChI is InChI=1S/C14H20O/c1-3-4-10-14(2,12-15)11-13-8-6-5-7-9-13/h5-9,12H,3-4,10-11H2,1-2H3. The summed E-state index contributed by atoms with van der Waals surface area (Å²) in [5.74, 6) is 0. The number of rotatable bonds is 6. The Morgan fingerprint density at radius 1 is 1.27 bits per heavy atom. The van der Waals surface area contributed by atoms with E-state index in [-0.39, 0.29) is 5.41 Å². The summed E-state index contributed by atoms with van der Waals surface area (Å²) in [6.07, 6.45) is 5.25. The maximum atomic E-state index is 11.1. The van der Waals surface area contributed by atoms with Gasteiger partial charge in [0.25, 0.3) is 0 Å². The number of hydrogen-bond acceptors (Lipinski definition) is 1. The van der Waals surface area contributed by atoms with Crippen LogP contribution in [0.25, 0.3) is 0 Å². The zero-order valence-electron chi connectivity index (χ0n) is 9.70. The van der Waals surface area contributed by atoms with E-state index in [1.165, 1.54) is 5.56 Å². The van der Waals surface area contributed by atoms with Gasteiger partial charge in [-0.2, -0.15) is 0 Å². The molecule has 0 aliphatic carbocycles. The van der Waals surface area contributed by atoms with Crippen LogP contribution in [0, 0.1) is 5.41 Å². The summed E-state index contributed by atoms with van der Waals surface area (Å²) in [6.45, 7) is 4.22. The third-order valence-corrected chi connectivity index (χ3v) is 2.84. The van der Waals surface area contributed by atoms with Crippen molar-refractivity contribution in [2.45, 2.75) is 39.5 Å². The Bertz CT molecular complexity index is 291. The molecule has 0 saturated heterocycles.